The zero-order valence-electron chi connectivity index (χ0n) is 9.14. The van der Waals surface area contributed by atoms with Gasteiger partial charge in [0.05, 0.1) is 4.90 Å². The van der Waals surface area contributed by atoms with E-state index in [1.54, 1.807) is 11.4 Å². The number of nitrogens with two attached hydrogens (primary N) is 1. The lowest BCUT2D eigenvalue weighted by atomic mass is 10.3. The summed E-state index contributed by atoms with van der Waals surface area (Å²) in [5.41, 5.74) is 5.50. The number of thiophene rings is 1. The first kappa shape index (κ1) is 12.0. The summed E-state index contributed by atoms with van der Waals surface area (Å²) in [6.45, 7) is 2.95. The third kappa shape index (κ3) is 2.45. The first-order chi connectivity index (χ1) is 7.54. The molecule has 2 atom stereocenters. The summed E-state index contributed by atoms with van der Waals surface area (Å²) in [6.07, 6.45) is 1.12. The first-order valence-corrected chi connectivity index (χ1v) is 7.67. The van der Waals surface area contributed by atoms with Crippen molar-refractivity contribution in [2.24, 2.45) is 17.6 Å². The molecule has 4 nitrogen and oxygen atoms in total. The molecule has 0 radical (unpaired) electrons. The first-order valence-electron chi connectivity index (χ1n) is 5.30. The standard InChI is InChI=1S/C10H16N2O2S2/c1-7-4-8(7)6-12-16(13,14)10-2-3-15-9(10)5-11/h2-3,7-8,12H,4-6,11H2,1H3. The van der Waals surface area contributed by atoms with E-state index in [4.69, 9.17) is 5.73 Å². The number of nitrogens with one attached hydrogen (secondary N) is 1. The van der Waals surface area contributed by atoms with Crippen LogP contribution in [0.2, 0.25) is 0 Å². The number of rotatable bonds is 5. The Bertz CT molecular complexity index is 467. The molecule has 1 aliphatic carbocycles. The molecule has 0 amide bonds. The molecule has 0 aromatic carbocycles. The quantitative estimate of drug-likeness (QED) is 0.834. The SMILES string of the molecule is CC1CC1CNS(=O)(=O)c1ccsc1CN. The van der Waals surface area contributed by atoms with Gasteiger partial charge >= 0.3 is 0 Å². The molecule has 0 aliphatic heterocycles. The lowest BCUT2D eigenvalue weighted by Gasteiger charge is -2.06. The minimum Gasteiger partial charge on any atom is -0.326 e. The highest BCUT2D eigenvalue weighted by atomic mass is 32.2. The molecule has 6 heteroatoms. The highest BCUT2D eigenvalue weighted by Gasteiger charge is 2.33. The van der Waals surface area contributed by atoms with Crippen LogP contribution in [0.15, 0.2) is 16.3 Å². The second kappa shape index (κ2) is 4.44. The average Bonchev–Trinajstić information content (AvgIpc) is 2.78. The maximum atomic E-state index is 12.0. The van der Waals surface area contributed by atoms with Crippen LogP contribution in [0.5, 0.6) is 0 Å². The number of sulfonamides is 1. The van der Waals surface area contributed by atoms with Crippen LogP contribution in [0.1, 0.15) is 18.2 Å². The molecular weight excluding hydrogens is 244 g/mol. The zero-order valence-corrected chi connectivity index (χ0v) is 10.8. The minimum absolute atomic E-state index is 0.272. The Hall–Kier alpha value is -0.430. The Labute approximate surface area is 99.9 Å². The zero-order chi connectivity index (χ0) is 11.8. The summed E-state index contributed by atoms with van der Waals surface area (Å²) >= 11 is 1.38. The number of hydrogen-bond donors (Lipinski definition) is 2. The molecule has 3 N–H and O–H groups in total. The molecule has 1 heterocycles. The van der Waals surface area contributed by atoms with Crippen LogP contribution >= 0.6 is 11.3 Å². The highest BCUT2D eigenvalue weighted by Crippen LogP contribution is 2.37. The van der Waals surface area contributed by atoms with E-state index in [1.165, 1.54) is 11.3 Å². The van der Waals surface area contributed by atoms with Crippen molar-refractivity contribution in [2.75, 3.05) is 6.54 Å². The monoisotopic (exact) mass is 260 g/mol. The van der Waals surface area contributed by atoms with Gasteiger partial charge in [-0.3, -0.25) is 0 Å². The largest absolute Gasteiger partial charge is 0.326 e. The summed E-state index contributed by atoms with van der Waals surface area (Å²) in [6, 6.07) is 1.62. The second-order valence-electron chi connectivity index (χ2n) is 4.24. The predicted molar refractivity (Wildman–Crippen MR) is 64.7 cm³/mol. The maximum Gasteiger partial charge on any atom is 0.241 e. The molecule has 2 rings (SSSR count). The molecule has 1 aromatic heterocycles. The Morgan fingerprint density at radius 1 is 1.62 bits per heavy atom. The summed E-state index contributed by atoms with van der Waals surface area (Å²) in [5.74, 6) is 1.16. The molecule has 90 valence electrons. The number of hydrogen-bond acceptors (Lipinski definition) is 4. The minimum atomic E-state index is -3.36. The molecule has 0 bridgehead atoms. The molecule has 16 heavy (non-hydrogen) atoms. The van der Waals surface area contributed by atoms with Crippen LogP contribution in [-0.4, -0.2) is 15.0 Å². The van der Waals surface area contributed by atoms with Gasteiger partial charge < -0.3 is 5.73 Å². The third-order valence-electron chi connectivity index (χ3n) is 2.99. The van der Waals surface area contributed by atoms with E-state index in [9.17, 15) is 8.42 Å². The van der Waals surface area contributed by atoms with Gasteiger partial charge in [-0.05, 0) is 29.7 Å². The van der Waals surface area contributed by atoms with E-state index in [1.807, 2.05) is 0 Å². The van der Waals surface area contributed by atoms with Crippen LogP contribution in [0.4, 0.5) is 0 Å². The highest BCUT2D eigenvalue weighted by molar-refractivity contribution is 7.89. The van der Waals surface area contributed by atoms with Crippen molar-refractivity contribution in [1.82, 2.24) is 4.72 Å². The van der Waals surface area contributed by atoms with Crippen molar-refractivity contribution < 1.29 is 8.42 Å². The molecule has 1 fully saturated rings. The Kier molecular flexibility index (Phi) is 3.34. The summed E-state index contributed by atoms with van der Waals surface area (Å²) in [4.78, 5) is 1.06. The van der Waals surface area contributed by atoms with E-state index in [-0.39, 0.29) is 6.54 Å². The van der Waals surface area contributed by atoms with Crippen molar-refractivity contribution in [3.8, 4) is 0 Å². The average molecular weight is 260 g/mol. The topological polar surface area (TPSA) is 72.2 Å². The van der Waals surface area contributed by atoms with Gasteiger partial charge in [0.2, 0.25) is 10.0 Å². The Morgan fingerprint density at radius 3 is 2.88 bits per heavy atom. The van der Waals surface area contributed by atoms with Gasteiger partial charge in [0.25, 0.3) is 0 Å². The molecule has 1 aliphatic rings. The molecule has 1 saturated carbocycles. The maximum absolute atomic E-state index is 12.0. The summed E-state index contributed by atoms with van der Waals surface area (Å²) < 4.78 is 26.6. The van der Waals surface area contributed by atoms with Crippen LogP contribution in [0.3, 0.4) is 0 Å². The van der Waals surface area contributed by atoms with Crippen molar-refractivity contribution in [2.45, 2.75) is 24.8 Å². The van der Waals surface area contributed by atoms with Crippen LogP contribution in [-0.2, 0) is 16.6 Å². The smallest absolute Gasteiger partial charge is 0.241 e. The van der Waals surface area contributed by atoms with Gasteiger partial charge in [0.1, 0.15) is 0 Å². The van der Waals surface area contributed by atoms with Crippen molar-refractivity contribution >= 4 is 21.4 Å². The molecule has 1 aromatic rings. The van der Waals surface area contributed by atoms with Crippen LogP contribution in [0, 0.1) is 11.8 Å². The lowest BCUT2D eigenvalue weighted by Crippen LogP contribution is -2.26. The summed E-state index contributed by atoms with van der Waals surface area (Å²) in [7, 11) is -3.36. The van der Waals surface area contributed by atoms with E-state index in [0.717, 1.165) is 11.3 Å². The third-order valence-corrected chi connectivity index (χ3v) is 5.57. The normalized spacial score (nSPS) is 24.6. The summed E-state index contributed by atoms with van der Waals surface area (Å²) in [5, 5.41) is 1.76. The van der Waals surface area contributed by atoms with Gasteiger partial charge in [-0.15, -0.1) is 11.3 Å². The molecule has 2 unspecified atom stereocenters. The van der Waals surface area contributed by atoms with E-state index >= 15 is 0 Å². The van der Waals surface area contributed by atoms with Crippen molar-refractivity contribution in [1.29, 1.82) is 0 Å². The van der Waals surface area contributed by atoms with Gasteiger partial charge in [-0.2, -0.15) is 0 Å². The van der Waals surface area contributed by atoms with E-state index in [0.29, 0.717) is 23.3 Å². The molecular formula is C10H16N2O2S2. The fourth-order valence-corrected chi connectivity index (χ4v) is 4.12. The van der Waals surface area contributed by atoms with Gasteiger partial charge in [0, 0.05) is 18.0 Å². The van der Waals surface area contributed by atoms with Gasteiger partial charge in [-0.1, -0.05) is 6.92 Å². The Balaban J connectivity index is 2.06. The second-order valence-corrected chi connectivity index (χ2v) is 6.97. The lowest BCUT2D eigenvalue weighted by molar-refractivity contribution is 0.574. The molecule has 0 saturated heterocycles. The van der Waals surface area contributed by atoms with Crippen LogP contribution in [0.25, 0.3) is 0 Å². The van der Waals surface area contributed by atoms with Crippen molar-refractivity contribution in [3.05, 3.63) is 16.3 Å². The van der Waals surface area contributed by atoms with Crippen LogP contribution < -0.4 is 10.5 Å². The Morgan fingerprint density at radius 2 is 2.31 bits per heavy atom. The van der Waals surface area contributed by atoms with Crippen molar-refractivity contribution in [3.63, 3.8) is 0 Å². The van der Waals surface area contributed by atoms with Gasteiger partial charge in [-0.25, -0.2) is 13.1 Å². The van der Waals surface area contributed by atoms with Gasteiger partial charge in [0.15, 0.2) is 0 Å². The fraction of sp³-hybridized carbons (Fsp3) is 0.600. The van der Waals surface area contributed by atoms with E-state index in [2.05, 4.69) is 11.6 Å². The fourth-order valence-electron chi connectivity index (χ4n) is 1.70. The molecule has 0 spiro atoms. The predicted octanol–water partition coefficient (Wildman–Crippen LogP) is 1.14. The van der Waals surface area contributed by atoms with E-state index < -0.39 is 10.0 Å².